The lowest BCUT2D eigenvalue weighted by molar-refractivity contribution is 1.34. The summed E-state index contributed by atoms with van der Waals surface area (Å²) in [6, 6.07) is 96.0. The van der Waals surface area contributed by atoms with Crippen molar-refractivity contribution < 1.29 is 0 Å². The summed E-state index contributed by atoms with van der Waals surface area (Å²) in [6.07, 6.45) is 0. The van der Waals surface area contributed by atoms with Gasteiger partial charge in [-0.15, -0.1) is 0 Å². The SMILES string of the molecule is N#Cc1c(-c2ccccc2)nc2c(ccc3c(-c4ccccc4)cc(-c4ccccc4)nc32)c1-c1cccc(-c2cccc(-c3c(C#N)c(-c4ccccc4)nc4c3ccc3c(-c5ccccc5)cc(-c5ccccc5)nc34)c2)c1. The van der Waals surface area contributed by atoms with Gasteiger partial charge in [-0.1, -0.05) is 243 Å². The van der Waals surface area contributed by atoms with Gasteiger partial charge < -0.3 is 0 Å². The molecular formula is C74H44N6. The third kappa shape index (κ3) is 8.29. The predicted octanol–water partition coefficient (Wildman–Crippen LogP) is 18.6. The Balaban J connectivity index is 0.991. The average molecular weight is 1020 g/mol. The molecule has 0 unspecified atom stereocenters. The number of benzene rings is 10. The van der Waals surface area contributed by atoms with Crippen LogP contribution in [0, 0.1) is 22.7 Å². The Morgan fingerprint density at radius 3 is 0.875 bits per heavy atom. The van der Waals surface area contributed by atoms with Crippen LogP contribution in [0.5, 0.6) is 0 Å². The number of nitriles is 2. The van der Waals surface area contributed by atoms with Gasteiger partial charge in [-0.25, -0.2) is 19.9 Å². The van der Waals surface area contributed by atoms with Gasteiger partial charge in [0.15, 0.2) is 0 Å². The average Bonchev–Trinajstić information content (AvgIpc) is 3.64. The molecule has 0 aliphatic rings. The highest BCUT2D eigenvalue weighted by Gasteiger charge is 2.25. The lowest BCUT2D eigenvalue weighted by atomic mass is 9.88. The second kappa shape index (κ2) is 20.1. The zero-order valence-corrected chi connectivity index (χ0v) is 43.1. The molecule has 80 heavy (non-hydrogen) atoms. The van der Waals surface area contributed by atoms with E-state index in [-0.39, 0.29) is 0 Å². The summed E-state index contributed by atoms with van der Waals surface area (Å²) in [5.41, 5.74) is 19.7. The van der Waals surface area contributed by atoms with Crippen molar-refractivity contribution in [3.63, 3.8) is 0 Å². The molecule has 10 aromatic carbocycles. The second-order valence-electron chi connectivity index (χ2n) is 19.8. The number of fused-ring (bicyclic) bond motifs is 6. The molecule has 0 amide bonds. The summed E-state index contributed by atoms with van der Waals surface area (Å²) in [4.78, 5) is 21.7. The van der Waals surface area contributed by atoms with Gasteiger partial charge in [-0.3, -0.25) is 0 Å². The summed E-state index contributed by atoms with van der Waals surface area (Å²) < 4.78 is 0. The Morgan fingerprint density at radius 2 is 0.525 bits per heavy atom. The fourth-order valence-electron chi connectivity index (χ4n) is 11.4. The van der Waals surface area contributed by atoms with Gasteiger partial charge in [0.2, 0.25) is 0 Å². The largest absolute Gasteiger partial charge is 0.245 e. The topological polar surface area (TPSA) is 99.1 Å². The molecule has 0 radical (unpaired) electrons. The van der Waals surface area contributed by atoms with Crippen molar-refractivity contribution in [2.45, 2.75) is 0 Å². The number of pyridine rings is 4. The highest BCUT2D eigenvalue weighted by molar-refractivity contribution is 6.16. The van der Waals surface area contributed by atoms with Gasteiger partial charge in [0.25, 0.3) is 0 Å². The van der Waals surface area contributed by atoms with E-state index in [1.54, 1.807) is 0 Å². The molecule has 4 aromatic heterocycles. The molecule has 4 heterocycles. The monoisotopic (exact) mass is 1020 g/mol. The predicted molar refractivity (Wildman–Crippen MR) is 326 cm³/mol. The molecule has 6 heteroatoms. The summed E-state index contributed by atoms with van der Waals surface area (Å²) in [6.45, 7) is 0. The van der Waals surface area contributed by atoms with E-state index in [2.05, 4.69) is 170 Å². The minimum atomic E-state index is 0.471. The third-order valence-electron chi connectivity index (χ3n) is 15.1. The fourth-order valence-corrected chi connectivity index (χ4v) is 11.4. The molecule has 0 N–H and O–H groups in total. The first-order valence-corrected chi connectivity index (χ1v) is 26.6. The summed E-state index contributed by atoms with van der Waals surface area (Å²) in [5.74, 6) is 0. The smallest absolute Gasteiger partial charge is 0.102 e. The zero-order chi connectivity index (χ0) is 53.5. The highest BCUT2D eigenvalue weighted by Crippen LogP contribution is 2.45. The van der Waals surface area contributed by atoms with Crippen LogP contribution in [-0.2, 0) is 0 Å². The van der Waals surface area contributed by atoms with E-state index >= 15 is 0 Å². The van der Waals surface area contributed by atoms with Crippen LogP contribution in [0.1, 0.15) is 11.1 Å². The van der Waals surface area contributed by atoms with E-state index < -0.39 is 0 Å². The van der Waals surface area contributed by atoms with Gasteiger partial charge >= 0.3 is 0 Å². The normalized spacial score (nSPS) is 11.2. The Kier molecular flexibility index (Phi) is 11.9. The molecule has 0 fully saturated rings. The van der Waals surface area contributed by atoms with Crippen LogP contribution in [-0.4, -0.2) is 19.9 Å². The number of rotatable bonds is 9. The first-order valence-electron chi connectivity index (χ1n) is 26.6. The van der Waals surface area contributed by atoms with Crippen LogP contribution in [0.4, 0.5) is 0 Å². The maximum Gasteiger partial charge on any atom is 0.102 e. The Morgan fingerprint density at radius 1 is 0.237 bits per heavy atom. The van der Waals surface area contributed by atoms with Gasteiger partial charge in [0.1, 0.15) is 12.1 Å². The van der Waals surface area contributed by atoms with Gasteiger partial charge in [0, 0.05) is 54.9 Å². The highest BCUT2D eigenvalue weighted by atomic mass is 14.8. The minimum Gasteiger partial charge on any atom is -0.245 e. The standard InChI is InChI=1S/C74H44N6/c75-45-63-67(59-39-37-57-61(47-21-7-1-8-22-47)43-65(49-25-11-3-12-26-49)77-71(57)73(59)79-69(63)51-29-15-5-16-30-51)55-35-19-33-53(41-55)54-34-20-36-56(42-54)68-60-40-38-58-62(48-23-9-2-10-24-48)44-66(50-27-13-4-14-28-50)78-72(58)74(60)80-70(64(68)46-76)52-31-17-6-18-32-52/h1-44H. The van der Waals surface area contributed by atoms with Gasteiger partial charge in [0.05, 0.1) is 56.0 Å². The maximum atomic E-state index is 11.3. The van der Waals surface area contributed by atoms with E-state index in [9.17, 15) is 10.5 Å². The van der Waals surface area contributed by atoms with Crippen molar-refractivity contribution in [2.24, 2.45) is 0 Å². The minimum absolute atomic E-state index is 0.471. The second-order valence-corrected chi connectivity index (χ2v) is 19.8. The molecular weight excluding hydrogens is 973 g/mol. The van der Waals surface area contributed by atoms with E-state index in [0.717, 1.165) is 122 Å². The Hall–Kier alpha value is -11.2. The maximum absolute atomic E-state index is 11.3. The molecule has 14 aromatic rings. The number of nitrogens with zero attached hydrogens (tertiary/aromatic N) is 6. The number of aromatic nitrogens is 4. The van der Waals surface area contributed by atoms with Crippen molar-refractivity contribution >= 4 is 43.6 Å². The molecule has 0 aliphatic carbocycles. The molecule has 6 nitrogen and oxygen atoms in total. The summed E-state index contributed by atoms with van der Waals surface area (Å²) >= 11 is 0. The molecule has 370 valence electrons. The molecule has 0 saturated carbocycles. The molecule has 0 atom stereocenters. The van der Waals surface area contributed by atoms with Crippen molar-refractivity contribution in [2.75, 3.05) is 0 Å². The summed E-state index contributed by atoms with van der Waals surface area (Å²) in [5, 5.41) is 26.2. The van der Waals surface area contributed by atoms with E-state index in [4.69, 9.17) is 19.9 Å². The van der Waals surface area contributed by atoms with Gasteiger partial charge in [-0.05, 0) is 68.8 Å². The lowest BCUT2D eigenvalue weighted by Crippen LogP contribution is -1.99. The van der Waals surface area contributed by atoms with E-state index in [1.165, 1.54) is 0 Å². The molecule has 0 spiro atoms. The number of hydrogen-bond donors (Lipinski definition) is 0. The number of hydrogen-bond acceptors (Lipinski definition) is 6. The first kappa shape index (κ1) is 47.3. The zero-order valence-electron chi connectivity index (χ0n) is 43.1. The van der Waals surface area contributed by atoms with Crippen molar-refractivity contribution in [3.05, 3.63) is 278 Å². The third-order valence-corrected chi connectivity index (χ3v) is 15.1. The van der Waals surface area contributed by atoms with Crippen LogP contribution in [0.3, 0.4) is 0 Å². The quantitative estimate of drug-likeness (QED) is 0.134. The van der Waals surface area contributed by atoms with Crippen LogP contribution < -0.4 is 0 Å². The lowest BCUT2D eigenvalue weighted by Gasteiger charge is -2.18. The van der Waals surface area contributed by atoms with Crippen LogP contribution >= 0.6 is 0 Å². The van der Waals surface area contributed by atoms with Crippen LogP contribution in [0.25, 0.3) is 144 Å². The van der Waals surface area contributed by atoms with Crippen molar-refractivity contribution in [1.82, 2.24) is 19.9 Å². The van der Waals surface area contributed by atoms with Gasteiger partial charge in [-0.2, -0.15) is 10.5 Å². The molecule has 0 bridgehead atoms. The fraction of sp³-hybridized carbons (Fsp3) is 0. The summed E-state index contributed by atoms with van der Waals surface area (Å²) in [7, 11) is 0. The van der Waals surface area contributed by atoms with Crippen molar-refractivity contribution in [1.29, 1.82) is 10.5 Å². The molecule has 0 saturated heterocycles. The molecule has 0 aliphatic heterocycles. The van der Waals surface area contributed by atoms with Crippen LogP contribution in [0.2, 0.25) is 0 Å². The Labute approximate surface area is 462 Å². The first-order chi connectivity index (χ1) is 39.6. The van der Waals surface area contributed by atoms with E-state index in [0.29, 0.717) is 33.5 Å². The van der Waals surface area contributed by atoms with E-state index in [1.807, 2.05) is 109 Å². The molecule has 14 rings (SSSR count). The van der Waals surface area contributed by atoms with Crippen LogP contribution in [0.15, 0.2) is 267 Å². The van der Waals surface area contributed by atoms with Crippen molar-refractivity contribution in [3.8, 4) is 113 Å². The Bertz CT molecular complexity index is 4490.